The summed E-state index contributed by atoms with van der Waals surface area (Å²) in [6, 6.07) is 11.1. The molecule has 2 aromatic rings. The number of aromatic hydroxyl groups is 1. The quantitative estimate of drug-likeness (QED) is 0.666. The maximum atomic E-state index is 12.6. The third kappa shape index (κ3) is 5.10. The Labute approximate surface area is 176 Å². The van der Waals surface area contributed by atoms with Gasteiger partial charge in [-0.3, -0.25) is 19.3 Å². The molecule has 7 nitrogen and oxygen atoms in total. The molecule has 0 atom stereocenters. The summed E-state index contributed by atoms with van der Waals surface area (Å²) < 4.78 is 5.32. The SMILES string of the molecule is CCOc1cc(/C=C2\SC(=O)N(CC(=O)Nc3ccc(Cl)cc3)C2=O)ccc1O. The Hall–Kier alpha value is -2.97. The van der Waals surface area contributed by atoms with E-state index in [1.165, 1.54) is 12.1 Å². The van der Waals surface area contributed by atoms with Crippen LogP contribution in [0, 0.1) is 0 Å². The van der Waals surface area contributed by atoms with E-state index in [1.54, 1.807) is 43.3 Å². The molecule has 0 aliphatic carbocycles. The minimum atomic E-state index is -0.558. The van der Waals surface area contributed by atoms with Gasteiger partial charge in [0, 0.05) is 10.7 Å². The molecule has 0 bridgehead atoms. The Kier molecular flexibility index (Phi) is 6.46. The number of rotatable bonds is 6. The number of ether oxygens (including phenoxy) is 1. The van der Waals surface area contributed by atoms with E-state index in [0.717, 1.165) is 16.7 Å². The molecule has 150 valence electrons. The number of phenolic OH excluding ortho intramolecular Hbond substituents is 1. The molecule has 29 heavy (non-hydrogen) atoms. The lowest BCUT2D eigenvalue weighted by Gasteiger charge is -2.12. The molecular formula is C20H17ClN2O5S. The molecular weight excluding hydrogens is 416 g/mol. The number of carbonyl (C=O) groups excluding carboxylic acids is 3. The average Bonchev–Trinajstić information content (AvgIpc) is 2.94. The van der Waals surface area contributed by atoms with Crippen LogP contribution in [-0.4, -0.2) is 40.2 Å². The number of nitrogens with one attached hydrogen (secondary N) is 1. The highest BCUT2D eigenvalue weighted by Gasteiger charge is 2.36. The van der Waals surface area contributed by atoms with Gasteiger partial charge in [0.15, 0.2) is 11.5 Å². The molecule has 2 N–H and O–H groups in total. The summed E-state index contributed by atoms with van der Waals surface area (Å²) in [6.45, 7) is 1.76. The number of imide groups is 1. The fourth-order valence-corrected chi connectivity index (χ4v) is 3.52. The summed E-state index contributed by atoms with van der Waals surface area (Å²) in [4.78, 5) is 38.0. The molecule has 9 heteroatoms. The average molecular weight is 433 g/mol. The molecule has 3 amide bonds. The Bertz CT molecular complexity index is 991. The van der Waals surface area contributed by atoms with Gasteiger partial charge in [0.25, 0.3) is 11.1 Å². The third-order valence-electron chi connectivity index (χ3n) is 3.88. The smallest absolute Gasteiger partial charge is 0.294 e. The summed E-state index contributed by atoms with van der Waals surface area (Å²) in [5.74, 6) is -0.796. The van der Waals surface area contributed by atoms with Gasteiger partial charge in [0.1, 0.15) is 6.54 Å². The number of phenols is 1. The number of thioether (sulfide) groups is 1. The van der Waals surface area contributed by atoms with Crippen molar-refractivity contribution in [3.05, 3.63) is 58.0 Å². The first-order valence-corrected chi connectivity index (χ1v) is 9.83. The highest BCUT2D eigenvalue weighted by Crippen LogP contribution is 2.34. The Morgan fingerprint density at radius 1 is 1.24 bits per heavy atom. The van der Waals surface area contributed by atoms with E-state index >= 15 is 0 Å². The van der Waals surface area contributed by atoms with Crippen molar-refractivity contribution < 1.29 is 24.2 Å². The van der Waals surface area contributed by atoms with E-state index in [9.17, 15) is 19.5 Å². The largest absolute Gasteiger partial charge is 0.504 e. The maximum absolute atomic E-state index is 12.6. The number of benzene rings is 2. The number of anilines is 1. The van der Waals surface area contributed by atoms with Gasteiger partial charge in [-0.2, -0.15) is 0 Å². The van der Waals surface area contributed by atoms with Crippen molar-refractivity contribution in [2.24, 2.45) is 0 Å². The highest BCUT2D eigenvalue weighted by molar-refractivity contribution is 8.18. The monoisotopic (exact) mass is 432 g/mol. The Balaban J connectivity index is 1.70. The van der Waals surface area contributed by atoms with Crippen LogP contribution in [0.4, 0.5) is 10.5 Å². The lowest BCUT2D eigenvalue weighted by atomic mass is 10.2. The van der Waals surface area contributed by atoms with E-state index in [2.05, 4.69) is 5.32 Å². The van der Waals surface area contributed by atoms with Crippen LogP contribution in [0.25, 0.3) is 6.08 Å². The first-order valence-electron chi connectivity index (χ1n) is 8.64. The van der Waals surface area contributed by atoms with E-state index in [4.69, 9.17) is 16.3 Å². The molecule has 1 saturated heterocycles. The zero-order chi connectivity index (χ0) is 21.0. The number of carbonyl (C=O) groups is 3. The van der Waals surface area contributed by atoms with Crippen LogP contribution in [-0.2, 0) is 9.59 Å². The van der Waals surface area contributed by atoms with Crippen LogP contribution in [0.2, 0.25) is 5.02 Å². The van der Waals surface area contributed by atoms with Crippen LogP contribution in [0.1, 0.15) is 12.5 Å². The van der Waals surface area contributed by atoms with Crippen LogP contribution in [0.15, 0.2) is 47.4 Å². The fourth-order valence-electron chi connectivity index (χ4n) is 2.56. The van der Waals surface area contributed by atoms with Crippen molar-refractivity contribution in [1.82, 2.24) is 4.90 Å². The van der Waals surface area contributed by atoms with Gasteiger partial charge < -0.3 is 15.2 Å². The Morgan fingerprint density at radius 2 is 1.97 bits per heavy atom. The Morgan fingerprint density at radius 3 is 2.66 bits per heavy atom. The van der Waals surface area contributed by atoms with Crippen molar-refractivity contribution in [2.45, 2.75) is 6.92 Å². The van der Waals surface area contributed by atoms with Crippen molar-refractivity contribution in [3.8, 4) is 11.5 Å². The van der Waals surface area contributed by atoms with Crippen LogP contribution in [0.3, 0.4) is 0 Å². The van der Waals surface area contributed by atoms with Gasteiger partial charge in [0.05, 0.1) is 11.5 Å². The maximum Gasteiger partial charge on any atom is 0.294 e. The predicted octanol–water partition coefficient (Wildman–Crippen LogP) is 4.12. The molecule has 1 heterocycles. The summed E-state index contributed by atoms with van der Waals surface area (Å²) in [6.07, 6.45) is 1.52. The van der Waals surface area contributed by atoms with Gasteiger partial charge in [-0.15, -0.1) is 0 Å². The summed E-state index contributed by atoms with van der Waals surface area (Å²) in [5.41, 5.74) is 1.09. The molecule has 3 rings (SSSR count). The van der Waals surface area contributed by atoms with Crippen molar-refractivity contribution in [3.63, 3.8) is 0 Å². The van der Waals surface area contributed by atoms with Gasteiger partial charge >= 0.3 is 0 Å². The van der Waals surface area contributed by atoms with Crippen molar-refractivity contribution in [2.75, 3.05) is 18.5 Å². The number of amides is 3. The highest BCUT2D eigenvalue weighted by atomic mass is 35.5. The zero-order valence-electron chi connectivity index (χ0n) is 15.3. The second-order valence-corrected chi connectivity index (χ2v) is 7.41. The number of nitrogens with zero attached hydrogens (tertiary/aromatic N) is 1. The predicted molar refractivity (Wildman–Crippen MR) is 112 cm³/mol. The lowest BCUT2D eigenvalue weighted by Crippen LogP contribution is -2.36. The van der Waals surface area contributed by atoms with Crippen molar-refractivity contribution >= 4 is 52.2 Å². The van der Waals surface area contributed by atoms with Crippen LogP contribution >= 0.6 is 23.4 Å². The van der Waals surface area contributed by atoms with E-state index < -0.39 is 23.6 Å². The first-order chi connectivity index (χ1) is 13.9. The molecule has 1 aliphatic rings. The van der Waals surface area contributed by atoms with Gasteiger partial charge in [0.2, 0.25) is 5.91 Å². The lowest BCUT2D eigenvalue weighted by molar-refractivity contribution is -0.127. The summed E-state index contributed by atoms with van der Waals surface area (Å²) in [5, 5.41) is 12.4. The molecule has 0 spiro atoms. The third-order valence-corrected chi connectivity index (χ3v) is 5.04. The normalized spacial score (nSPS) is 15.1. The van der Waals surface area contributed by atoms with Crippen LogP contribution < -0.4 is 10.1 Å². The van der Waals surface area contributed by atoms with Gasteiger partial charge in [-0.05, 0) is 66.7 Å². The number of halogens is 1. The van der Waals surface area contributed by atoms with Gasteiger partial charge in [-0.1, -0.05) is 17.7 Å². The number of hydrogen-bond donors (Lipinski definition) is 2. The molecule has 0 aromatic heterocycles. The molecule has 1 aliphatic heterocycles. The van der Waals surface area contributed by atoms with Crippen molar-refractivity contribution in [1.29, 1.82) is 0 Å². The first kappa shape index (κ1) is 20.8. The second-order valence-electron chi connectivity index (χ2n) is 5.98. The summed E-state index contributed by atoms with van der Waals surface area (Å²) >= 11 is 6.55. The molecule has 0 saturated carbocycles. The molecule has 2 aromatic carbocycles. The minimum absolute atomic E-state index is 0.0176. The fraction of sp³-hybridized carbons (Fsp3) is 0.150. The standard InChI is InChI=1S/C20H17ClN2O5S/c1-2-28-16-9-12(3-8-15(16)24)10-17-19(26)23(20(27)29-17)11-18(25)22-14-6-4-13(21)5-7-14/h3-10,24H,2,11H2,1H3,(H,22,25)/b17-10-. The zero-order valence-corrected chi connectivity index (χ0v) is 16.9. The van der Waals surface area contributed by atoms with Gasteiger partial charge in [-0.25, -0.2) is 0 Å². The number of hydrogen-bond acceptors (Lipinski definition) is 6. The topological polar surface area (TPSA) is 95.9 Å². The summed E-state index contributed by atoms with van der Waals surface area (Å²) in [7, 11) is 0. The molecule has 1 fully saturated rings. The molecule has 0 unspecified atom stereocenters. The second kappa shape index (κ2) is 9.02. The van der Waals surface area contributed by atoms with E-state index in [0.29, 0.717) is 22.9 Å². The van der Waals surface area contributed by atoms with Crippen LogP contribution in [0.5, 0.6) is 11.5 Å². The van der Waals surface area contributed by atoms with E-state index in [-0.39, 0.29) is 16.4 Å². The molecule has 0 radical (unpaired) electrons. The minimum Gasteiger partial charge on any atom is -0.504 e. The van der Waals surface area contributed by atoms with E-state index in [1.807, 2.05) is 0 Å².